The molecule has 1 aromatic rings. The van der Waals surface area contributed by atoms with Crippen molar-refractivity contribution >= 4 is 17.9 Å². The van der Waals surface area contributed by atoms with Crippen molar-refractivity contribution in [3.05, 3.63) is 42.5 Å². The Bertz CT molecular complexity index is 308. The van der Waals surface area contributed by atoms with Crippen LogP contribution in [-0.4, -0.2) is 5.91 Å². The van der Waals surface area contributed by atoms with Gasteiger partial charge in [-0.05, 0) is 31.0 Å². The summed E-state index contributed by atoms with van der Waals surface area (Å²) >= 11 is 1.30. The van der Waals surface area contributed by atoms with E-state index in [0.29, 0.717) is 5.57 Å². The summed E-state index contributed by atoms with van der Waals surface area (Å²) in [5.41, 5.74) is 0.517. The van der Waals surface area contributed by atoms with Gasteiger partial charge in [-0.1, -0.05) is 24.8 Å². The Hall–Kier alpha value is -1.22. The molecule has 0 fully saturated rings. The fourth-order valence-electron chi connectivity index (χ4n) is 0.681. The summed E-state index contributed by atoms with van der Waals surface area (Å²) in [6.45, 7) is 5.22. The van der Waals surface area contributed by atoms with Crippen LogP contribution in [0, 0.1) is 0 Å². The Labute approximate surface area is 82.2 Å². The van der Waals surface area contributed by atoms with Gasteiger partial charge in [0.1, 0.15) is 0 Å². The molecular weight excluding hydrogens is 182 g/mol. The van der Waals surface area contributed by atoms with E-state index in [1.807, 2.05) is 30.3 Å². The van der Waals surface area contributed by atoms with Crippen LogP contribution in [0.5, 0.6) is 0 Å². The van der Waals surface area contributed by atoms with Crippen molar-refractivity contribution in [3.8, 4) is 0 Å². The number of amides is 1. The summed E-state index contributed by atoms with van der Waals surface area (Å²) in [6, 6.07) is 9.65. The summed E-state index contributed by atoms with van der Waals surface area (Å²) in [5.74, 6) is -0.131. The highest BCUT2D eigenvalue weighted by molar-refractivity contribution is 7.98. The van der Waals surface area contributed by atoms with Crippen LogP contribution >= 0.6 is 11.9 Å². The van der Waals surface area contributed by atoms with E-state index in [2.05, 4.69) is 11.3 Å². The number of nitrogens with one attached hydrogen (secondary N) is 1. The molecule has 0 saturated heterocycles. The monoisotopic (exact) mass is 193 g/mol. The summed E-state index contributed by atoms with van der Waals surface area (Å²) in [4.78, 5) is 12.1. The van der Waals surface area contributed by atoms with Crippen molar-refractivity contribution in [2.75, 3.05) is 0 Å². The first-order valence-electron chi connectivity index (χ1n) is 3.88. The maximum Gasteiger partial charge on any atom is 0.256 e. The van der Waals surface area contributed by atoms with E-state index in [9.17, 15) is 4.79 Å². The molecule has 0 aliphatic rings. The Morgan fingerprint density at radius 1 is 1.38 bits per heavy atom. The highest BCUT2D eigenvalue weighted by Crippen LogP contribution is 2.13. The van der Waals surface area contributed by atoms with Crippen LogP contribution in [0.25, 0.3) is 0 Å². The molecule has 1 aromatic carbocycles. The molecular formula is C10H11NOS. The number of benzene rings is 1. The first-order chi connectivity index (χ1) is 6.20. The molecule has 0 unspecified atom stereocenters. The predicted octanol–water partition coefficient (Wildman–Crippen LogP) is 2.39. The smallest absolute Gasteiger partial charge is 0.256 e. The van der Waals surface area contributed by atoms with Crippen LogP contribution in [0.1, 0.15) is 6.92 Å². The molecule has 1 rings (SSSR count). The van der Waals surface area contributed by atoms with Gasteiger partial charge in [-0.15, -0.1) is 0 Å². The Kier molecular flexibility index (Phi) is 3.58. The Morgan fingerprint density at radius 3 is 2.54 bits per heavy atom. The van der Waals surface area contributed by atoms with Gasteiger partial charge in [-0.25, -0.2) is 0 Å². The molecule has 0 aliphatic carbocycles. The number of hydrogen-bond acceptors (Lipinski definition) is 2. The van der Waals surface area contributed by atoms with Gasteiger partial charge >= 0.3 is 0 Å². The van der Waals surface area contributed by atoms with Gasteiger partial charge in [-0.2, -0.15) is 0 Å². The van der Waals surface area contributed by atoms with E-state index >= 15 is 0 Å². The second-order valence-electron chi connectivity index (χ2n) is 2.63. The highest BCUT2D eigenvalue weighted by atomic mass is 32.2. The number of carbonyl (C=O) groups excluding carboxylic acids is 1. The van der Waals surface area contributed by atoms with E-state index in [0.717, 1.165) is 4.90 Å². The van der Waals surface area contributed by atoms with Gasteiger partial charge in [-0.3, -0.25) is 9.52 Å². The van der Waals surface area contributed by atoms with Gasteiger partial charge in [0.15, 0.2) is 0 Å². The van der Waals surface area contributed by atoms with Crippen molar-refractivity contribution in [3.63, 3.8) is 0 Å². The quantitative estimate of drug-likeness (QED) is 0.590. The number of rotatable bonds is 3. The molecule has 0 radical (unpaired) electrons. The third-order valence-corrected chi connectivity index (χ3v) is 2.19. The van der Waals surface area contributed by atoms with Crippen molar-refractivity contribution in [2.24, 2.45) is 0 Å². The lowest BCUT2D eigenvalue weighted by Crippen LogP contribution is -2.15. The predicted molar refractivity (Wildman–Crippen MR) is 55.3 cm³/mol. The van der Waals surface area contributed by atoms with Gasteiger partial charge in [0.2, 0.25) is 0 Å². The topological polar surface area (TPSA) is 29.1 Å². The third-order valence-electron chi connectivity index (χ3n) is 1.39. The fraction of sp³-hybridized carbons (Fsp3) is 0.100. The third kappa shape index (κ3) is 3.34. The number of hydrogen-bond donors (Lipinski definition) is 1. The van der Waals surface area contributed by atoms with E-state index in [-0.39, 0.29) is 5.91 Å². The van der Waals surface area contributed by atoms with Crippen LogP contribution in [0.3, 0.4) is 0 Å². The van der Waals surface area contributed by atoms with Crippen LogP contribution < -0.4 is 4.72 Å². The summed E-state index contributed by atoms with van der Waals surface area (Å²) in [5, 5.41) is 0. The first kappa shape index (κ1) is 9.86. The lowest BCUT2D eigenvalue weighted by molar-refractivity contribution is -0.115. The second kappa shape index (κ2) is 4.72. The van der Waals surface area contributed by atoms with E-state index in [1.54, 1.807) is 6.92 Å². The molecule has 0 spiro atoms. The largest absolute Gasteiger partial charge is 0.292 e. The van der Waals surface area contributed by atoms with E-state index < -0.39 is 0 Å². The van der Waals surface area contributed by atoms with Crippen molar-refractivity contribution < 1.29 is 4.79 Å². The SMILES string of the molecule is C=C(C)C(=O)NSc1ccccc1. The minimum absolute atomic E-state index is 0.131. The molecule has 1 amide bonds. The van der Waals surface area contributed by atoms with Crippen LogP contribution in [-0.2, 0) is 4.79 Å². The number of carbonyl (C=O) groups is 1. The second-order valence-corrected chi connectivity index (χ2v) is 3.51. The minimum atomic E-state index is -0.131. The van der Waals surface area contributed by atoms with Crippen molar-refractivity contribution in [2.45, 2.75) is 11.8 Å². The first-order valence-corrected chi connectivity index (χ1v) is 4.69. The maximum atomic E-state index is 11.1. The fourth-order valence-corrected chi connectivity index (χ4v) is 1.36. The van der Waals surface area contributed by atoms with Crippen LogP contribution in [0.4, 0.5) is 0 Å². The van der Waals surface area contributed by atoms with Gasteiger partial charge in [0, 0.05) is 10.5 Å². The highest BCUT2D eigenvalue weighted by Gasteiger charge is 2.00. The normalized spacial score (nSPS) is 9.31. The van der Waals surface area contributed by atoms with Gasteiger partial charge in [0.25, 0.3) is 5.91 Å². The minimum Gasteiger partial charge on any atom is -0.292 e. The van der Waals surface area contributed by atoms with Crippen LogP contribution in [0.2, 0.25) is 0 Å². The molecule has 0 aromatic heterocycles. The zero-order chi connectivity index (χ0) is 9.68. The maximum absolute atomic E-state index is 11.1. The molecule has 0 atom stereocenters. The lowest BCUT2D eigenvalue weighted by atomic mass is 10.3. The zero-order valence-corrected chi connectivity index (χ0v) is 8.23. The van der Waals surface area contributed by atoms with Crippen molar-refractivity contribution in [1.29, 1.82) is 0 Å². The van der Waals surface area contributed by atoms with E-state index in [4.69, 9.17) is 0 Å². The molecule has 0 bridgehead atoms. The summed E-state index contributed by atoms with van der Waals surface area (Å²) in [6.07, 6.45) is 0. The molecule has 68 valence electrons. The summed E-state index contributed by atoms with van der Waals surface area (Å²) < 4.78 is 2.68. The molecule has 13 heavy (non-hydrogen) atoms. The summed E-state index contributed by atoms with van der Waals surface area (Å²) in [7, 11) is 0. The van der Waals surface area contributed by atoms with Gasteiger partial charge < -0.3 is 0 Å². The average Bonchev–Trinajstić information content (AvgIpc) is 2.15. The van der Waals surface area contributed by atoms with E-state index in [1.165, 1.54) is 11.9 Å². The Morgan fingerprint density at radius 2 is 2.00 bits per heavy atom. The lowest BCUT2D eigenvalue weighted by Gasteiger charge is -2.02. The Balaban J connectivity index is 2.44. The zero-order valence-electron chi connectivity index (χ0n) is 7.41. The molecule has 0 heterocycles. The van der Waals surface area contributed by atoms with Crippen molar-refractivity contribution in [1.82, 2.24) is 4.72 Å². The molecule has 0 aliphatic heterocycles. The average molecular weight is 193 g/mol. The molecule has 3 heteroatoms. The van der Waals surface area contributed by atoms with Crippen LogP contribution in [0.15, 0.2) is 47.4 Å². The molecule has 1 N–H and O–H groups in total. The van der Waals surface area contributed by atoms with Gasteiger partial charge in [0.05, 0.1) is 0 Å². The molecule has 2 nitrogen and oxygen atoms in total. The molecule has 0 saturated carbocycles. The standard InChI is InChI=1S/C10H11NOS/c1-8(2)10(12)11-13-9-6-4-3-5-7-9/h3-7H,1H2,2H3,(H,11,12).